The van der Waals surface area contributed by atoms with Gasteiger partial charge in [0.15, 0.2) is 0 Å². The lowest BCUT2D eigenvalue weighted by Crippen LogP contribution is -2.28. The van der Waals surface area contributed by atoms with Crippen molar-refractivity contribution in [2.45, 2.75) is 6.42 Å². The molecule has 1 amide bonds. The van der Waals surface area contributed by atoms with Crippen molar-refractivity contribution < 1.29 is 4.79 Å². The number of fused-ring (bicyclic) bond motifs is 1. The van der Waals surface area contributed by atoms with E-state index in [1.54, 1.807) is 12.1 Å². The van der Waals surface area contributed by atoms with E-state index < -0.39 is 0 Å². The van der Waals surface area contributed by atoms with Crippen LogP contribution in [0.1, 0.15) is 16.3 Å². The lowest BCUT2D eigenvalue weighted by Gasteiger charge is -2.03. The number of hydrogen-bond donors (Lipinski definition) is 3. The second kappa shape index (κ2) is 5.62. The quantitative estimate of drug-likeness (QED) is 0.672. The Morgan fingerprint density at radius 2 is 1.95 bits per heavy atom. The highest BCUT2D eigenvalue weighted by Crippen LogP contribution is 2.10. The first-order valence-corrected chi connectivity index (χ1v) is 6.63. The van der Waals surface area contributed by atoms with E-state index in [1.807, 2.05) is 24.3 Å². The van der Waals surface area contributed by atoms with Gasteiger partial charge in [-0.3, -0.25) is 9.59 Å². The molecule has 0 saturated carbocycles. The summed E-state index contributed by atoms with van der Waals surface area (Å²) in [5, 5.41) is 2.75. The Morgan fingerprint density at radius 1 is 1.10 bits per heavy atom. The Morgan fingerprint density at radius 3 is 2.76 bits per heavy atom. The number of nitrogens with one attached hydrogen (secondary N) is 3. The summed E-state index contributed by atoms with van der Waals surface area (Å²) in [6.45, 7) is 0.440. The van der Waals surface area contributed by atoms with Crippen molar-refractivity contribution >= 4 is 16.9 Å². The Kier molecular flexibility index (Phi) is 3.51. The summed E-state index contributed by atoms with van der Waals surface area (Å²) >= 11 is 0. The van der Waals surface area contributed by atoms with Gasteiger partial charge < -0.3 is 15.3 Å². The van der Waals surface area contributed by atoms with Crippen LogP contribution in [0, 0.1) is 0 Å². The highest BCUT2D eigenvalue weighted by atomic mass is 16.2. The molecule has 2 heterocycles. The van der Waals surface area contributed by atoms with Gasteiger partial charge in [-0.25, -0.2) is 4.98 Å². The van der Waals surface area contributed by atoms with Crippen LogP contribution in [-0.2, 0) is 6.42 Å². The van der Waals surface area contributed by atoms with Gasteiger partial charge >= 0.3 is 0 Å². The number of nitrogens with zero attached hydrogens (tertiary/aromatic N) is 1. The second-order valence-corrected chi connectivity index (χ2v) is 4.64. The smallest absolute Gasteiger partial charge is 0.267 e. The van der Waals surface area contributed by atoms with Gasteiger partial charge in [-0.05, 0) is 18.2 Å². The van der Waals surface area contributed by atoms with Crippen molar-refractivity contribution in [1.29, 1.82) is 0 Å². The SMILES string of the molecule is O=C(NCCc1nc2ccccc2[nH]1)c1cccc(=O)[nH]1. The molecule has 0 unspecified atom stereocenters. The summed E-state index contributed by atoms with van der Waals surface area (Å²) in [5.41, 5.74) is 1.85. The molecule has 6 nitrogen and oxygen atoms in total. The summed E-state index contributed by atoms with van der Waals surface area (Å²) in [6.07, 6.45) is 0.595. The van der Waals surface area contributed by atoms with Gasteiger partial charge in [-0.1, -0.05) is 18.2 Å². The maximum atomic E-state index is 11.8. The number of hydrogen-bond acceptors (Lipinski definition) is 3. The Labute approximate surface area is 120 Å². The second-order valence-electron chi connectivity index (χ2n) is 4.64. The average molecular weight is 282 g/mol. The molecule has 3 aromatic rings. The van der Waals surface area contributed by atoms with Crippen LogP contribution in [0.15, 0.2) is 47.3 Å². The molecule has 0 fully saturated rings. The molecule has 106 valence electrons. The number of aromatic amines is 2. The molecule has 3 N–H and O–H groups in total. The van der Waals surface area contributed by atoms with Crippen molar-refractivity contribution in [3.8, 4) is 0 Å². The molecule has 0 aliphatic rings. The molecular formula is C15H14N4O2. The van der Waals surface area contributed by atoms with Crippen molar-refractivity contribution in [3.05, 3.63) is 64.3 Å². The van der Waals surface area contributed by atoms with Gasteiger partial charge in [0.2, 0.25) is 5.56 Å². The van der Waals surface area contributed by atoms with Gasteiger partial charge in [0.25, 0.3) is 5.91 Å². The minimum atomic E-state index is -0.302. The van der Waals surface area contributed by atoms with Crippen molar-refractivity contribution in [1.82, 2.24) is 20.3 Å². The molecule has 1 aromatic carbocycles. The fourth-order valence-electron chi connectivity index (χ4n) is 2.09. The molecule has 0 saturated heterocycles. The Hall–Kier alpha value is -2.89. The minimum absolute atomic E-state index is 0.257. The first-order chi connectivity index (χ1) is 10.2. The number of para-hydroxylation sites is 2. The molecule has 0 radical (unpaired) electrons. The normalized spacial score (nSPS) is 10.7. The van der Waals surface area contributed by atoms with Crippen LogP contribution < -0.4 is 10.9 Å². The van der Waals surface area contributed by atoms with Crippen LogP contribution in [0.5, 0.6) is 0 Å². The molecular weight excluding hydrogens is 268 g/mol. The summed E-state index contributed by atoms with van der Waals surface area (Å²) < 4.78 is 0. The van der Waals surface area contributed by atoms with Crippen molar-refractivity contribution in [3.63, 3.8) is 0 Å². The zero-order valence-corrected chi connectivity index (χ0v) is 11.2. The summed E-state index contributed by atoms with van der Waals surface area (Å²) in [7, 11) is 0. The lowest BCUT2D eigenvalue weighted by molar-refractivity contribution is 0.0949. The van der Waals surface area contributed by atoms with Gasteiger partial charge in [0.05, 0.1) is 11.0 Å². The molecule has 0 atom stereocenters. The van der Waals surface area contributed by atoms with E-state index in [9.17, 15) is 9.59 Å². The van der Waals surface area contributed by atoms with Crippen LogP contribution in [0.4, 0.5) is 0 Å². The fraction of sp³-hybridized carbons (Fsp3) is 0.133. The number of imidazole rings is 1. The van der Waals surface area contributed by atoms with Crippen molar-refractivity contribution in [2.24, 2.45) is 0 Å². The van der Waals surface area contributed by atoms with E-state index in [0.29, 0.717) is 13.0 Å². The number of carbonyl (C=O) groups is 1. The van der Waals surface area contributed by atoms with E-state index in [0.717, 1.165) is 16.9 Å². The van der Waals surface area contributed by atoms with E-state index in [1.165, 1.54) is 6.07 Å². The van der Waals surface area contributed by atoms with Gasteiger partial charge in [0.1, 0.15) is 11.5 Å². The Bertz CT molecular complexity index is 802. The first kappa shape index (κ1) is 13.1. The fourth-order valence-corrected chi connectivity index (χ4v) is 2.09. The predicted molar refractivity (Wildman–Crippen MR) is 79.2 cm³/mol. The van der Waals surface area contributed by atoms with E-state index >= 15 is 0 Å². The monoisotopic (exact) mass is 282 g/mol. The molecule has 0 bridgehead atoms. The third kappa shape index (κ3) is 3.00. The van der Waals surface area contributed by atoms with E-state index in [4.69, 9.17) is 0 Å². The third-order valence-electron chi connectivity index (χ3n) is 3.10. The van der Waals surface area contributed by atoms with Crippen LogP contribution in [-0.4, -0.2) is 27.4 Å². The molecule has 2 aromatic heterocycles. The number of H-pyrrole nitrogens is 2. The van der Waals surface area contributed by atoms with E-state index in [-0.39, 0.29) is 17.2 Å². The number of aromatic nitrogens is 3. The van der Waals surface area contributed by atoms with Crippen molar-refractivity contribution in [2.75, 3.05) is 6.54 Å². The Balaban J connectivity index is 1.60. The molecule has 0 aliphatic carbocycles. The molecule has 0 spiro atoms. The predicted octanol–water partition coefficient (Wildman–Crippen LogP) is 1.22. The number of carbonyl (C=O) groups excluding carboxylic acids is 1. The summed E-state index contributed by atoms with van der Waals surface area (Å²) in [6, 6.07) is 12.2. The number of rotatable bonds is 4. The maximum Gasteiger partial charge on any atom is 0.267 e. The zero-order chi connectivity index (χ0) is 14.7. The van der Waals surface area contributed by atoms with Crippen LogP contribution >= 0.6 is 0 Å². The minimum Gasteiger partial charge on any atom is -0.350 e. The average Bonchev–Trinajstić information content (AvgIpc) is 2.89. The van der Waals surface area contributed by atoms with Crippen LogP contribution in [0.25, 0.3) is 11.0 Å². The molecule has 0 aliphatic heterocycles. The molecule has 6 heteroatoms. The molecule has 3 rings (SSSR count). The maximum absolute atomic E-state index is 11.8. The third-order valence-corrected chi connectivity index (χ3v) is 3.10. The van der Waals surface area contributed by atoms with Crippen LogP contribution in [0.2, 0.25) is 0 Å². The summed E-state index contributed by atoms with van der Waals surface area (Å²) in [4.78, 5) is 33.1. The van der Waals surface area contributed by atoms with Gasteiger partial charge in [-0.15, -0.1) is 0 Å². The lowest BCUT2D eigenvalue weighted by atomic mass is 10.3. The highest BCUT2D eigenvalue weighted by Gasteiger charge is 2.06. The van der Waals surface area contributed by atoms with E-state index in [2.05, 4.69) is 20.3 Å². The number of amides is 1. The number of pyridine rings is 1. The zero-order valence-electron chi connectivity index (χ0n) is 11.2. The van der Waals surface area contributed by atoms with Gasteiger partial charge in [-0.2, -0.15) is 0 Å². The molecule has 21 heavy (non-hydrogen) atoms. The van der Waals surface area contributed by atoms with Crippen LogP contribution in [0.3, 0.4) is 0 Å². The highest BCUT2D eigenvalue weighted by molar-refractivity contribution is 5.92. The number of benzene rings is 1. The first-order valence-electron chi connectivity index (χ1n) is 6.63. The van der Waals surface area contributed by atoms with Gasteiger partial charge in [0, 0.05) is 19.0 Å². The standard InChI is InChI=1S/C15H14N4O2/c20-14-7-3-6-12(19-14)15(21)16-9-8-13-17-10-4-1-2-5-11(10)18-13/h1-7H,8-9H2,(H,16,21)(H,17,18)(H,19,20). The topological polar surface area (TPSA) is 90.6 Å². The summed E-state index contributed by atoms with van der Waals surface area (Å²) in [5.74, 6) is 0.516. The largest absolute Gasteiger partial charge is 0.350 e.